The molecule has 4 nitrogen and oxygen atoms in total. The van der Waals surface area contributed by atoms with Gasteiger partial charge in [0, 0.05) is 22.7 Å². The summed E-state index contributed by atoms with van der Waals surface area (Å²) in [5.74, 6) is 0. The molecule has 0 aliphatic carbocycles. The largest absolute Gasteiger partial charge is 0.346 e. The summed E-state index contributed by atoms with van der Waals surface area (Å²) in [5.41, 5.74) is 2.96. The molecule has 0 unspecified atom stereocenters. The molecule has 0 atom stereocenters. The van der Waals surface area contributed by atoms with Crippen LogP contribution in [0.15, 0.2) is 41.8 Å². The van der Waals surface area contributed by atoms with E-state index < -0.39 is 0 Å². The molecular formula is C13H8N4. The molecule has 0 amide bonds. The van der Waals surface area contributed by atoms with E-state index in [1.165, 1.54) is 0 Å². The van der Waals surface area contributed by atoms with Crippen molar-refractivity contribution in [3.05, 3.63) is 36.8 Å². The highest BCUT2D eigenvalue weighted by Crippen LogP contribution is 2.39. The van der Waals surface area contributed by atoms with Crippen molar-refractivity contribution in [2.45, 2.75) is 0 Å². The molecule has 80 valence electrons. The Balaban J connectivity index is 2.34. The third kappa shape index (κ3) is 1.09. The van der Waals surface area contributed by atoms with E-state index in [0.29, 0.717) is 0 Å². The van der Waals surface area contributed by atoms with Crippen LogP contribution < -0.4 is 5.32 Å². The number of fused-ring (bicyclic) bond motifs is 2. The van der Waals surface area contributed by atoms with Crippen LogP contribution in [0.1, 0.15) is 0 Å². The van der Waals surface area contributed by atoms with Gasteiger partial charge in [-0.1, -0.05) is 12.1 Å². The van der Waals surface area contributed by atoms with Crippen LogP contribution in [0.25, 0.3) is 21.7 Å². The molecule has 2 aromatic carbocycles. The first-order valence-electron chi connectivity index (χ1n) is 5.38. The number of aliphatic imine (C=N–C) groups is 1. The monoisotopic (exact) mass is 220 g/mol. The summed E-state index contributed by atoms with van der Waals surface area (Å²) in [6.07, 6.45) is 5.09. The second kappa shape index (κ2) is 3.01. The van der Waals surface area contributed by atoms with Crippen molar-refractivity contribution < 1.29 is 0 Å². The Labute approximate surface area is 97.0 Å². The SMILES string of the molecule is C1=Nc2c3cncnc3cc3cccc(c23)N1. The molecule has 4 rings (SSSR count). The zero-order chi connectivity index (χ0) is 11.2. The summed E-state index contributed by atoms with van der Waals surface area (Å²) in [6.45, 7) is 0. The molecule has 1 aliphatic heterocycles. The molecule has 0 saturated heterocycles. The molecule has 1 aliphatic rings. The summed E-state index contributed by atoms with van der Waals surface area (Å²) >= 11 is 0. The molecule has 0 saturated carbocycles. The van der Waals surface area contributed by atoms with Gasteiger partial charge in [-0.15, -0.1) is 0 Å². The smallest absolute Gasteiger partial charge is 0.116 e. The van der Waals surface area contributed by atoms with E-state index in [0.717, 1.165) is 33.1 Å². The number of benzene rings is 2. The van der Waals surface area contributed by atoms with Gasteiger partial charge in [0.1, 0.15) is 6.33 Å². The Kier molecular flexibility index (Phi) is 1.53. The Morgan fingerprint density at radius 2 is 2.18 bits per heavy atom. The maximum Gasteiger partial charge on any atom is 0.116 e. The first-order valence-corrected chi connectivity index (χ1v) is 5.38. The van der Waals surface area contributed by atoms with E-state index in [2.05, 4.69) is 32.4 Å². The van der Waals surface area contributed by atoms with Crippen LogP contribution in [0.3, 0.4) is 0 Å². The second-order valence-corrected chi connectivity index (χ2v) is 3.99. The summed E-state index contributed by atoms with van der Waals surface area (Å²) < 4.78 is 0. The van der Waals surface area contributed by atoms with Gasteiger partial charge in [0.05, 0.1) is 17.5 Å². The Morgan fingerprint density at radius 1 is 1.18 bits per heavy atom. The van der Waals surface area contributed by atoms with Crippen molar-refractivity contribution >= 4 is 39.4 Å². The lowest BCUT2D eigenvalue weighted by atomic mass is 10.0. The van der Waals surface area contributed by atoms with E-state index in [1.54, 1.807) is 12.7 Å². The predicted octanol–water partition coefficient (Wildman–Crippen LogP) is 2.87. The minimum Gasteiger partial charge on any atom is -0.346 e. The molecular weight excluding hydrogens is 212 g/mol. The minimum absolute atomic E-state index is 0.929. The lowest BCUT2D eigenvalue weighted by Gasteiger charge is -2.14. The average molecular weight is 220 g/mol. The number of nitrogens with zero attached hydrogens (tertiary/aromatic N) is 3. The van der Waals surface area contributed by atoms with Gasteiger partial charge in [-0.3, -0.25) is 0 Å². The highest BCUT2D eigenvalue weighted by Gasteiger charge is 2.13. The molecule has 0 spiro atoms. The van der Waals surface area contributed by atoms with Crippen LogP contribution in [0, 0.1) is 0 Å². The molecule has 0 radical (unpaired) electrons. The van der Waals surface area contributed by atoms with E-state index in [9.17, 15) is 0 Å². The van der Waals surface area contributed by atoms with Gasteiger partial charge in [0.25, 0.3) is 0 Å². The average Bonchev–Trinajstić information content (AvgIpc) is 2.39. The maximum atomic E-state index is 4.42. The van der Waals surface area contributed by atoms with Crippen LogP contribution in [-0.4, -0.2) is 16.3 Å². The Bertz CT molecular complexity index is 777. The first kappa shape index (κ1) is 8.64. The fourth-order valence-electron chi connectivity index (χ4n) is 2.29. The summed E-state index contributed by atoms with van der Waals surface area (Å²) in [5, 5.41) is 6.43. The van der Waals surface area contributed by atoms with Crippen molar-refractivity contribution in [1.29, 1.82) is 0 Å². The van der Waals surface area contributed by atoms with Crippen molar-refractivity contribution in [3.8, 4) is 0 Å². The van der Waals surface area contributed by atoms with Crippen LogP contribution in [0.4, 0.5) is 11.4 Å². The van der Waals surface area contributed by atoms with Gasteiger partial charge in [-0.2, -0.15) is 0 Å². The number of anilines is 1. The van der Waals surface area contributed by atoms with Gasteiger partial charge in [0.2, 0.25) is 0 Å². The first-order chi connectivity index (χ1) is 8.43. The lowest BCUT2D eigenvalue weighted by Crippen LogP contribution is -2.00. The summed E-state index contributed by atoms with van der Waals surface area (Å²) in [7, 11) is 0. The summed E-state index contributed by atoms with van der Waals surface area (Å²) in [4.78, 5) is 12.8. The quantitative estimate of drug-likeness (QED) is 0.592. The molecule has 1 N–H and O–H groups in total. The third-order valence-corrected chi connectivity index (χ3v) is 3.04. The zero-order valence-corrected chi connectivity index (χ0v) is 8.88. The Morgan fingerprint density at radius 3 is 3.18 bits per heavy atom. The topological polar surface area (TPSA) is 50.2 Å². The highest BCUT2D eigenvalue weighted by atomic mass is 15.0. The van der Waals surface area contributed by atoms with Gasteiger partial charge in [-0.05, 0) is 17.5 Å². The fourth-order valence-corrected chi connectivity index (χ4v) is 2.29. The van der Waals surface area contributed by atoms with Crippen LogP contribution in [-0.2, 0) is 0 Å². The van der Waals surface area contributed by atoms with Crippen LogP contribution in [0.5, 0.6) is 0 Å². The van der Waals surface area contributed by atoms with Gasteiger partial charge in [-0.25, -0.2) is 15.0 Å². The van der Waals surface area contributed by atoms with E-state index in [1.807, 2.05) is 18.3 Å². The normalized spacial score (nSPS) is 12.9. The van der Waals surface area contributed by atoms with Crippen molar-refractivity contribution in [1.82, 2.24) is 9.97 Å². The molecule has 3 aromatic rings. The number of aromatic nitrogens is 2. The fraction of sp³-hybridized carbons (Fsp3) is 0. The standard InChI is InChI=1S/C13H8N4/c1-2-8-4-11-9(5-14-6-15-11)13-12(8)10(3-1)16-7-17-13/h1-7H,(H,16,17). The van der Waals surface area contributed by atoms with E-state index >= 15 is 0 Å². The lowest BCUT2D eigenvalue weighted by molar-refractivity contribution is 1.22. The van der Waals surface area contributed by atoms with Crippen LogP contribution in [0.2, 0.25) is 0 Å². The summed E-state index contributed by atoms with van der Waals surface area (Å²) in [6, 6.07) is 8.22. The van der Waals surface area contributed by atoms with E-state index in [4.69, 9.17) is 0 Å². The van der Waals surface area contributed by atoms with Crippen molar-refractivity contribution in [2.75, 3.05) is 5.32 Å². The highest BCUT2D eigenvalue weighted by molar-refractivity contribution is 6.17. The maximum absolute atomic E-state index is 4.42. The molecule has 2 heterocycles. The number of nitrogens with one attached hydrogen (secondary N) is 1. The number of hydrogen-bond acceptors (Lipinski definition) is 4. The third-order valence-electron chi connectivity index (χ3n) is 3.04. The van der Waals surface area contributed by atoms with Gasteiger partial charge in [0.15, 0.2) is 0 Å². The molecule has 4 heteroatoms. The predicted molar refractivity (Wildman–Crippen MR) is 68.8 cm³/mol. The molecule has 1 aromatic heterocycles. The molecule has 0 fully saturated rings. The molecule has 0 bridgehead atoms. The van der Waals surface area contributed by atoms with Crippen molar-refractivity contribution in [3.63, 3.8) is 0 Å². The number of rotatable bonds is 0. The number of hydrogen-bond donors (Lipinski definition) is 1. The van der Waals surface area contributed by atoms with E-state index in [-0.39, 0.29) is 0 Å². The molecule has 17 heavy (non-hydrogen) atoms. The Hall–Kier alpha value is -2.49. The second-order valence-electron chi connectivity index (χ2n) is 3.99. The minimum atomic E-state index is 0.929. The van der Waals surface area contributed by atoms with Gasteiger partial charge >= 0.3 is 0 Å². The van der Waals surface area contributed by atoms with Gasteiger partial charge < -0.3 is 5.32 Å². The van der Waals surface area contributed by atoms with Crippen LogP contribution >= 0.6 is 0 Å². The zero-order valence-electron chi connectivity index (χ0n) is 8.88. The van der Waals surface area contributed by atoms with Crippen molar-refractivity contribution in [2.24, 2.45) is 4.99 Å².